The Morgan fingerprint density at radius 2 is 2.11 bits per heavy atom. The summed E-state index contributed by atoms with van der Waals surface area (Å²) in [6.45, 7) is 0. The molecule has 0 saturated heterocycles. The molecule has 19 heavy (non-hydrogen) atoms. The van der Waals surface area contributed by atoms with Crippen molar-refractivity contribution in [3.8, 4) is 0 Å². The summed E-state index contributed by atoms with van der Waals surface area (Å²) in [4.78, 5) is 26.3. The Hall–Kier alpha value is -1.95. The fourth-order valence-corrected chi connectivity index (χ4v) is 1.75. The van der Waals surface area contributed by atoms with E-state index in [9.17, 15) is 14.0 Å². The highest BCUT2D eigenvalue weighted by Gasteiger charge is 2.16. The third kappa shape index (κ3) is 3.08. The molecule has 0 fully saturated rings. The van der Waals surface area contributed by atoms with Gasteiger partial charge in [0.1, 0.15) is 5.82 Å². The number of carbonyl (C=O) groups is 2. The number of anilines is 1. The van der Waals surface area contributed by atoms with Gasteiger partial charge in [0.2, 0.25) is 11.7 Å². The Morgan fingerprint density at radius 1 is 1.32 bits per heavy atom. The van der Waals surface area contributed by atoms with E-state index in [0.717, 1.165) is 6.07 Å². The number of rotatable bonds is 4. The van der Waals surface area contributed by atoms with Crippen LogP contribution in [0.5, 0.6) is 0 Å². The van der Waals surface area contributed by atoms with Crippen LogP contribution in [0.4, 0.5) is 10.1 Å². The first kappa shape index (κ1) is 13.5. The molecule has 0 saturated carbocycles. The standard InChI is InChI=1S/C13H10BrFN2O2/c14-7-12(18)17-10-4-3-8(15)6-9(10)13(19)11-2-1-5-16-11/h1-6,16H,7H2,(H,17,18). The predicted molar refractivity (Wildman–Crippen MR) is 73.0 cm³/mol. The lowest BCUT2D eigenvalue weighted by Gasteiger charge is -2.09. The highest BCUT2D eigenvalue weighted by atomic mass is 79.9. The van der Waals surface area contributed by atoms with Gasteiger partial charge in [-0.3, -0.25) is 9.59 Å². The second-order valence-electron chi connectivity index (χ2n) is 3.78. The largest absolute Gasteiger partial charge is 0.359 e. The summed E-state index contributed by atoms with van der Waals surface area (Å²) in [7, 11) is 0. The van der Waals surface area contributed by atoms with Gasteiger partial charge in [0.15, 0.2) is 0 Å². The van der Waals surface area contributed by atoms with Crippen LogP contribution in [-0.2, 0) is 4.79 Å². The molecular weight excluding hydrogens is 315 g/mol. The summed E-state index contributed by atoms with van der Waals surface area (Å²) < 4.78 is 13.3. The second-order valence-corrected chi connectivity index (χ2v) is 4.35. The van der Waals surface area contributed by atoms with E-state index in [1.165, 1.54) is 12.1 Å². The molecule has 1 amide bonds. The molecular formula is C13H10BrFN2O2. The number of amides is 1. The van der Waals surface area contributed by atoms with Crippen LogP contribution in [0.2, 0.25) is 0 Å². The number of hydrogen-bond donors (Lipinski definition) is 2. The number of alkyl halides is 1. The van der Waals surface area contributed by atoms with E-state index in [1.807, 2.05) is 0 Å². The number of H-pyrrole nitrogens is 1. The van der Waals surface area contributed by atoms with Crippen LogP contribution in [0.25, 0.3) is 0 Å². The molecule has 0 aliphatic heterocycles. The topological polar surface area (TPSA) is 62.0 Å². The number of hydrogen-bond acceptors (Lipinski definition) is 2. The molecule has 4 nitrogen and oxygen atoms in total. The van der Waals surface area contributed by atoms with E-state index < -0.39 is 5.82 Å². The first-order valence-corrected chi connectivity index (χ1v) is 6.57. The van der Waals surface area contributed by atoms with Gasteiger partial charge in [0, 0.05) is 6.20 Å². The Balaban J connectivity index is 2.40. The number of aromatic nitrogens is 1. The van der Waals surface area contributed by atoms with Gasteiger partial charge >= 0.3 is 0 Å². The molecule has 0 aliphatic rings. The average molecular weight is 325 g/mol. The van der Waals surface area contributed by atoms with E-state index in [0.29, 0.717) is 5.69 Å². The Morgan fingerprint density at radius 3 is 2.74 bits per heavy atom. The van der Waals surface area contributed by atoms with Gasteiger partial charge in [-0.15, -0.1) is 0 Å². The van der Waals surface area contributed by atoms with Crippen LogP contribution in [0.15, 0.2) is 36.5 Å². The minimum Gasteiger partial charge on any atom is -0.359 e. The summed E-state index contributed by atoms with van der Waals surface area (Å²) in [5, 5.41) is 2.64. The van der Waals surface area contributed by atoms with Gasteiger partial charge in [-0.1, -0.05) is 15.9 Å². The van der Waals surface area contributed by atoms with Gasteiger partial charge in [0.05, 0.1) is 22.3 Å². The lowest BCUT2D eigenvalue weighted by atomic mass is 10.1. The van der Waals surface area contributed by atoms with Crippen molar-refractivity contribution < 1.29 is 14.0 Å². The van der Waals surface area contributed by atoms with Crippen LogP contribution in [0, 0.1) is 5.82 Å². The zero-order valence-corrected chi connectivity index (χ0v) is 11.3. The number of nitrogens with one attached hydrogen (secondary N) is 2. The third-order valence-corrected chi connectivity index (χ3v) is 2.97. The highest BCUT2D eigenvalue weighted by molar-refractivity contribution is 9.09. The zero-order chi connectivity index (χ0) is 13.8. The molecule has 2 N–H and O–H groups in total. The highest BCUT2D eigenvalue weighted by Crippen LogP contribution is 2.20. The molecule has 2 aromatic rings. The van der Waals surface area contributed by atoms with E-state index in [1.54, 1.807) is 18.3 Å². The molecule has 1 aromatic heterocycles. The number of ketones is 1. The van der Waals surface area contributed by atoms with Crippen molar-refractivity contribution in [3.63, 3.8) is 0 Å². The number of benzene rings is 1. The molecule has 0 bridgehead atoms. The maximum atomic E-state index is 13.3. The van der Waals surface area contributed by atoms with Crippen LogP contribution >= 0.6 is 15.9 Å². The molecule has 0 aliphatic carbocycles. The van der Waals surface area contributed by atoms with Crippen molar-refractivity contribution >= 4 is 33.3 Å². The molecule has 0 spiro atoms. The molecule has 0 atom stereocenters. The molecule has 1 aromatic carbocycles. The van der Waals surface area contributed by atoms with Gasteiger partial charge in [0.25, 0.3) is 0 Å². The van der Waals surface area contributed by atoms with E-state index in [2.05, 4.69) is 26.2 Å². The first-order valence-electron chi connectivity index (χ1n) is 5.45. The van der Waals surface area contributed by atoms with Crippen molar-refractivity contribution in [1.82, 2.24) is 4.98 Å². The lowest BCUT2D eigenvalue weighted by molar-refractivity contribution is -0.113. The van der Waals surface area contributed by atoms with Gasteiger partial charge in [-0.25, -0.2) is 4.39 Å². The maximum absolute atomic E-state index is 13.3. The summed E-state index contributed by atoms with van der Waals surface area (Å²) in [6, 6.07) is 6.92. The van der Waals surface area contributed by atoms with E-state index in [4.69, 9.17) is 0 Å². The molecule has 6 heteroatoms. The summed E-state index contributed by atoms with van der Waals surface area (Å²) >= 11 is 3.01. The molecule has 2 rings (SSSR count). The van der Waals surface area contributed by atoms with Gasteiger partial charge in [-0.2, -0.15) is 0 Å². The molecule has 98 valence electrons. The van der Waals surface area contributed by atoms with Crippen LogP contribution in [0.3, 0.4) is 0 Å². The fraction of sp³-hybridized carbons (Fsp3) is 0.0769. The number of carbonyl (C=O) groups excluding carboxylic acids is 2. The minimum atomic E-state index is -0.535. The molecule has 0 unspecified atom stereocenters. The number of aromatic amines is 1. The van der Waals surface area contributed by atoms with E-state index in [-0.39, 0.29) is 28.3 Å². The van der Waals surface area contributed by atoms with Crippen molar-refractivity contribution in [1.29, 1.82) is 0 Å². The molecule has 1 heterocycles. The third-order valence-electron chi connectivity index (χ3n) is 2.46. The van der Waals surface area contributed by atoms with Crippen LogP contribution in [0.1, 0.15) is 16.1 Å². The van der Waals surface area contributed by atoms with Crippen molar-refractivity contribution in [2.24, 2.45) is 0 Å². The Kier molecular flexibility index (Phi) is 4.11. The Bertz CT molecular complexity index is 611. The number of halogens is 2. The van der Waals surface area contributed by atoms with Gasteiger partial charge < -0.3 is 10.3 Å². The first-order chi connectivity index (χ1) is 9.11. The summed E-state index contributed by atoms with van der Waals surface area (Å²) in [5.41, 5.74) is 0.724. The lowest BCUT2D eigenvalue weighted by Crippen LogP contribution is -2.16. The van der Waals surface area contributed by atoms with Crippen molar-refractivity contribution in [2.75, 3.05) is 10.6 Å². The van der Waals surface area contributed by atoms with Crippen LogP contribution < -0.4 is 5.32 Å². The van der Waals surface area contributed by atoms with E-state index >= 15 is 0 Å². The minimum absolute atomic E-state index is 0.0977. The normalized spacial score (nSPS) is 10.2. The smallest absolute Gasteiger partial charge is 0.235 e. The van der Waals surface area contributed by atoms with Crippen molar-refractivity contribution in [3.05, 3.63) is 53.6 Å². The summed E-state index contributed by atoms with van der Waals surface area (Å²) in [5.74, 6) is -1.23. The average Bonchev–Trinajstić information content (AvgIpc) is 2.93. The molecule has 0 radical (unpaired) electrons. The quantitative estimate of drug-likeness (QED) is 0.671. The zero-order valence-electron chi connectivity index (χ0n) is 9.74. The SMILES string of the molecule is O=C(CBr)Nc1ccc(F)cc1C(=O)c1ccc[nH]1. The van der Waals surface area contributed by atoms with Crippen LogP contribution in [-0.4, -0.2) is 22.0 Å². The maximum Gasteiger partial charge on any atom is 0.235 e. The van der Waals surface area contributed by atoms with Crippen molar-refractivity contribution in [2.45, 2.75) is 0 Å². The summed E-state index contributed by atoms with van der Waals surface area (Å²) in [6.07, 6.45) is 1.60. The van der Waals surface area contributed by atoms with Gasteiger partial charge in [-0.05, 0) is 30.3 Å². The predicted octanol–water partition coefficient (Wildman–Crippen LogP) is 2.72. The second kappa shape index (κ2) is 5.79. The monoisotopic (exact) mass is 324 g/mol. The Labute approximate surface area is 117 Å². The fourth-order valence-electron chi connectivity index (χ4n) is 1.61.